The minimum Gasteiger partial charge on any atom is -0.467 e. The highest BCUT2D eigenvalue weighted by Crippen LogP contribution is 2.27. The molecule has 0 aromatic heterocycles. The van der Waals surface area contributed by atoms with Crippen LogP contribution in [0, 0.1) is 22.7 Å². The number of carbonyl (C=O) groups excluding carboxylic acids is 2. The van der Waals surface area contributed by atoms with Crippen molar-refractivity contribution in [2.75, 3.05) is 13.7 Å². The maximum atomic E-state index is 12.2. The molecule has 0 aromatic rings. The molecule has 1 amide bonds. The first kappa shape index (κ1) is 18.4. The molecule has 5 heteroatoms. The van der Waals surface area contributed by atoms with E-state index in [0.717, 1.165) is 6.42 Å². The lowest BCUT2D eigenvalue weighted by Crippen LogP contribution is -2.53. The molecule has 0 saturated carbocycles. The molecular formula is C15H26N2O3. The van der Waals surface area contributed by atoms with Gasteiger partial charge in [-0.2, -0.15) is 5.26 Å². The fraction of sp³-hybridized carbons (Fsp3) is 0.800. The standard InChI is InChI=1S/C15H26N2O3/c1-11(2)8-10-17(12(18)7-9-16)13(14(19)20-6)15(3,4)5/h11,13H,7-8,10H2,1-6H3. The van der Waals surface area contributed by atoms with Crippen LogP contribution in [0.5, 0.6) is 0 Å². The second-order valence-corrected chi connectivity index (χ2v) is 6.40. The molecule has 0 N–H and O–H groups in total. The first-order valence-corrected chi connectivity index (χ1v) is 6.89. The number of carbonyl (C=O) groups is 2. The Labute approximate surface area is 121 Å². The molecule has 0 radical (unpaired) electrons. The largest absolute Gasteiger partial charge is 0.467 e. The molecule has 0 spiro atoms. The van der Waals surface area contributed by atoms with E-state index >= 15 is 0 Å². The van der Waals surface area contributed by atoms with Gasteiger partial charge in [-0.1, -0.05) is 34.6 Å². The number of nitrogens with zero attached hydrogens (tertiary/aromatic N) is 2. The Morgan fingerprint density at radius 1 is 1.30 bits per heavy atom. The number of amides is 1. The van der Waals surface area contributed by atoms with E-state index in [1.54, 1.807) is 0 Å². The molecule has 0 bridgehead atoms. The lowest BCUT2D eigenvalue weighted by atomic mass is 9.85. The minimum atomic E-state index is -0.674. The summed E-state index contributed by atoms with van der Waals surface area (Å²) in [5, 5.41) is 8.73. The summed E-state index contributed by atoms with van der Waals surface area (Å²) in [5.74, 6) is -0.350. The molecule has 0 saturated heterocycles. The molecule has 0 heterocycles. The molecule has 0 aromatic carbocycles. The number of nitriles is 1. The van der Waals surface area contributed by atoms with Crippen molar-refractivity contribution >= 4 is 11.9 Å². The molecule has 0 aliphatic heterocycles. The first-order valence-electron chi connectivity index (χ1n) is 6.89. The van der Waals surface area contributed by atoms with E-state index in [1.807, 2.05) is 26.8 Å². The normalized spacial score (nSPS) is 12.7. The molecule has 5 nitrogen and oxygen atoms in total. The molecule has 0 rings (SSSR count). The number of esters is 1. The average Bonchev–Trinajstić information content (AvgIpc) is 2.31. The van der Waals surface area contributed by atoms with E-state index < -0.39 is 17.4 Å². The maximum absolute atomic E-state index is 12.2. The highest BCUT2D eigenvalue weighted by molar-refractivity contribution is 5.86. The van der Waals surface area contributed by atoms with Crippen molar-refractivity contribution < 1.29 is 14.3 Å². The van der Waals surface area contributed by atoms with Gasteiger partial charge in [-0.15, -0.1) is 0 Å². The van der Waals surface area contributed by atoms with Crippen LogP contribution in [0.4, 0.5) is 0 Å². The number of hydrogen-bond acceptors (Lipinski definition) is 4. The number of hydrogen-bond donors (Lipinski definition) is 0. The van der Waals surface area contributed by atoms with Crippen molar-refractivity contribution in [3.8, 4) is 6.07 Å². The molecular weight excluding hydrogens is 256 g/mol. The van der Waals surface area contributed by atoms with Gasteiger partial charge in [-0.25, -0.2) is 4.79 Å². The van der Waals surface area contributed by atoms with Gasteiger partial charge in [-0.3, -0.25) is 4.79 Å². The van der Waals surface area contributed by atoms with Crippen LogP contribution in [-0.4, -0.2) is 36.5 Å². The molecule has 0 fully saturated rings. The van der Waals surface area contributed by atoms with Gasteiger partial charge < -0.3 is 9.64 Å². The zero-order valence-electron chi connectivity index (χ0n) is 13.4. The number of rotatable bonds is 6. The number of ether oxygens (including phenoxy) is 1. The molecule has 0 aliphatic carbocycles. The van der Waals surface area contributed by atoms with E-state index in [4.69, 9.17) is 10.00 Å². The van der Waals surface area contributed by atoms with Gasteiger partial charge in [0, 0.05) is 6.54 Å². The smallest absolute Gasteiger partial charge is 0.329 e. The topological polar surface area (TPSA) is 70.4 Å². The second-order valence-electron chi connectivity index (χ2n) is 6.40. The molecule has 1 unspecified atom stereocenters. The molecule has 0 aliphatic rings. The first-order chi connectivity index (χ1) is 9.15. The summed E-state index contributed by atoms with van der Waals surface area (Å²) in [6, 6.07) is 1.18. The van der Waals surface area contributed by atoms with Crippen molar-refractivity contribution in [2.45, 2.75) is 53.5 Å². The third-order valence-electron chi connectivity index (χ3n) is 3.05. The molecule has 114 valence electrons. The third-order valence-corrected chi connectivity index (χ3v) is 3.05. The predicted octanol–water partition coefficient (Wildman–Crippen LogP) is 2.36. The Balaban J connectivity index is 5.35. The van der Waals surface area contributed by atoms with Crippen molar-refractivity contribution in [3.05, 3.63) is 0 Å². The van der Waals surface area contributed by atoms with Crippen LogP contribution in [0.1, 0.15) is 47.5 Å². The van der Waals surface area contributed by atoms with Crippen LogP contribution in [0.25, 0.3) is 0 Å². The van der Waals surface area contributed by atoms with Crippen LogP contribution in [0.2, 0.25) is 0 Å². The van der Waals surface area contributed by atoms with Gasteiger partial charge in [0.25, 0.3) is 0 Å². The predicted molar refractivity (Wildman–Crippen MR) is 76.7 cm³/mol. The molecule has 1 atom stereocenters. The van der Waals surface area contributed by atoms with Gasteiger partial charge in [-0.05, 0) is 17.8 Å². The van der Waals surface area contributed by atoms with Crippen LogP contribution in [0.3, 0.4) is 0 Å². The fourth-order valence-corrected chi connectivity index (χ4v) is 2.02. The number of methoxy groups -OCH3 is 1. The van der Waals surface area contributed by atoms with E-state index in [9.17, 15) is 9.59 Å². The zero-order chi connectivity index (χ0) is 15.9. The van der Waals surface area contributed by atoms with Gasteiger partial charge >= 0.3 is 5.97 Å². The third kappa shape index (κ3) is 5.60. The van der Waals surface area contributed by atoms with Gasteiger partial charge in [0.15, 0.2) is 0 Å². The van der Waals surface area contributed by atoms with Crippen molar-refractivity contribution in [2.24, 2.45) is 11.3 Å². The zero-order valence-corrected chi connectivity index (χ0v) is 13.4. The van der Waals surface area contributed by atoms with E-state index in [-0.39, 0.29) is 12.3 Å². The van der Waals surface area contributed by atoms with Crippen molar-refractivity contribution in [1.82, 2.24) is 4.90 Å². The summed E-state index contributed by atoms with van der Waals surface area (Å²) in [4.78, 5) is 25.7. The van der Waals surface area contributed by atoms with Crippen molar-refractivity contribution in [1.29, 1.82) is 5.26 Å². The Bertz CT molecular complexity index is 378. The van der Waals surface area contributed by atoms with Crippen LogP contribution in [0.15, 0.2) is 0 Å². The Morgan fingerprint density at radius 2 is 1.85 bits per heavy atom. The fourth-order valence-electron chi connectivity index (χ4n) is 2.02. The summed E-state index contributed by atoms with van der Waals surface area (Å²) < 4.78 is 4.84. The minimum absolute atomic E-state index is 0.221. The lowest BCUT2D eigenvalue weighted by molar-refractivity contribution is -0.157. The highest BCUT2D eigenvalue weighted by Gasteiger charge is 2.39. The van der Waals surface area contributed by atoms with E-state index in [1.165, 1.54) is 12.0 Å². The molecule has 20 heavy (non-hydrogen) atoms. The quantitative estimate of drug-likeness (QED) is 0.701. The lowest BCUT2D eigenvalue weighted by Gasteiger charge is -2.38. The summed E-state index contributed by atoms with van der Waals surface area (Å²) in [6.07, 6.45) is 0.558. The summed E-state index contributed by atoms with van der Waals surface area (Å²) in [6.45, 7) is 10.2. The van der Waals surface area contributed by atoms with Crippen LogP contribution >= 0.6 is 0 Å². The van der Waals surface area contributed by atoms with Crippen LogP contribution < -0.4 is 0 Å². The summed E-state index contributed by atoms with van der Waals surface area (Å²) in [7, 11) is 1.32. The SMILES string of the molecule is COC(=O)C(N(CCC(C)C)C(=O)CC#N)C(C)(C)C. The van der Waals surface area contributed by atoms with Gasteiger partial charge in [0.05, 0.1) is 13.2 Å². The second kappa shape index (κ2) is 7.88. The van der Waals surface area contributed by atoms with Crippen molar-refractivity contribution in [3.63, 3.8) is 0 Å². The van der Waals surface area contributed by atoms with Gasteiger partial charge in [0.1, 0.15) is 12.5 Å². The Kier molecular flexibility index (Phi) is 7.26. The highest BCUT2D eigenvalue weighted by atomic mass is 16.5. The maximum Gasteiger partial charge on any atom is 0.329 e. The Morgan fingerprint density at radius 3 is 2.20 bits per heavy atom. The van der Waals surface area contributed by atoms with E-state index in [2.05, 4.69) is 13.8 Å². The average molecular weight is 282 g/mol. The monoisotopic (exact) mass is 282 g/mol. The van der Waals surface area contributed by atoms with Gasteiger partial charge in [0.2, 0.25) is 5.91 Å². The summed E-state index contributed by atoms with van der Waals surface area (Å²) >= 11 is 0. The van der Waals surface area contributed by atoms with E-state index in [0.29, 0.717) is 12.5 Å². The van der Waals surface area contributed by atoms with Crippen LogP contribution in [-0.2, 0) is 14.3 Å². The Hall–Kier alpha value is -1.57. The summed E-state index contributed by atoms with van der Waals surface area (Å²) in [5.41, 5.74) is -0.449.